The van der Waals surface area contributed by atoms with Crippen LogP contribution in [0.4, 0.5) is 0 Å². The van der Waals surface area contributed by atoms with Gasteiger partial charge in [-0.15, -0.1) is 0 Å². The standard InChI is InChI=1S/C16H22BrNO3/c1-2-8-21-14-4-3-7-18(11-14)10-13-6-5-12(16(19)20)9-15(13)17/h5-6,9,14H,2-4,7-8,10-11H2,1H3,(H,19,20). The van der Waals surface area contributed by atoms with Gasteiger partial charge < -0.3 is 9.84 Å². The lowest BCUT2D eigenvalue weighted by Crippen LogP contribution is -2.39. The topological polar surface area (TPSA) is 49.8 Å². The molecule has 1 aromatic rings. The van der Waals surface area contributed by atoms with Crippen LogP contribution in [0.2, 0.25) is 0 Å². The van der Waals surface area contributed by atoms with E-state index < -0.39 is 5.97 Å². The summed E-state index contributed by atoms with van der Waals surface area (Å²) in [6, 6.07) is 5.23. The average Bonchev–Trinajstić information content (AvgIpc) is 2.47. The number of benzene rings is 1. The van der Waals surface area contributed by atoms with Crippen molar-refractivity contribution in [1.82, 2.24) is 4.90 Å². The van der Waals surface area contributed by atoms with Gasteiger partial charge in [0.15, 0.2) is 0 Å². The van der Waals surface area contributed by atoms with Crippen LogP contribution in [0.3, 0.4) is 0 Å². The van der Waals surface area contributed by atoms with E-state index in [-0.39, 0.29) is 0 Å². The lowest BCUT2D eigenvalue weighted by Gasteiger charge is -2.32. The molecule has 0 amide bonds. The van der Waals surface area contributed by atoms with Crippen molar-refractivity contribution >= 4 is 21.9 Å². The number of halogens is 1. The van der Waals surface area contributed by atoms with Crippen molar-refractivity contribution in [1.29, 1.82) is 0 Å². The third-order valence-corrected chi connectivity index (χ3v) is 4.45. The number of hydrogen-bond donors (Lipinski definition) is 1. The lowest BCUT2D eigenvalue weighted by atomic mass is 10.1. The largest absolute Gasteiger partial charge is 0.478 e. The fraction of sp³-hybridized carbons (Fsp3) is 0.562. The first-order valence-electron chi connectivity index (χ1n) is 7.45. The zero-order chi connectivity index (χ0) is 15.2. The Bertz CT molecular complexity index is 492. The molecular weight excluding hydrogens is 334 g/mol. The van der Waals surface area contributed by atoms with E-state index in [1.807, 2.05) is 6.07 Å². The number of rotatable bonds is 6. The van der Waals surface area contributed by atoms with Crippen molar-refractivity contribution in [3.8, 4) is 0 Å². The summed E-state index contributed by atoms with van der Waals surface area (Å²) in [7, 11) is 0. The van der Waals surface area contributed by atoms with Gasteiger partial charge in [-0.05, 0) is 43.5 Å². The summed E-state index contributed by atoms with van der Waals surface area (Å²) in [6.45, 7) is 5.80. The average molecular weight is 356 g/mol. The molecule has 0 radical (unpaired) electrons. The van der Waals surface area contributed by atoms with Crippen molar-refractivity contribution < 1.29 is 14.6 Å². The highest BCUT2D eigenvalue weighted by Crippen LogP contribution is 2.23. The van der Waals surface area contributed by atoms with E-state index in [1.165, 1.54) is 0 Å². The van der Waals surface area contributed by atoms with E-state index in [0.29, 0.717) is 11.7 Å². The van der Waals surface area contributed by atoms with Crippen LogP contribution in [-0.2, 0) is 11.3 Å². The number of nitrogens with zero attached hydrogens (tertiary/aromatic N) is 1. The van der Waals surface area contributed by atoms with Gasteiger partial charge in [0.05, 0.1) is 11.7 Å². The molecule has 1 fully saturated rings. The maximum atomic E-state index is 11.0. The highest BCUT2D eigenvalue weighted by atomic mass is 79.9. The Balaban J connectivity index is 1.96. The Morgan fingerprint density at radius 3 is 3.00 bits per heavy atom. The Morgan fingerprint density at radius 2 is 2.33 bits per heavy atom. The van der Waals surface area contributed by atoms with E-state index >= 15 is 0 Å². The first-order valence-corrected chi connectivity index (χ1v) is 8.25. The van der Waals surface area contributed by atoms with Crippen LogP contribution in [0.15, 0.2) is 22.7 Å². The maximum Gasteiger partial charge on any atom is 0.335 e. The minimum atomic E-state index is -0.895. The van der Waals surface area contributed by atoms with Crippen molar-refractivity contribution in [2.45, 2.75) is 38.8 Å². The number of piperidine rings is 1. The smallest absolute Gasteiger partial charge is 0.335 e. The molecule has 0 saturated carbocycles. The molecule has 5 heteroatoms. The van der Waals surface area contributed by atoms with Crippen LogP contribution in [0.1, 0.15) is 42.1 Å². The predicted molar refractivity (Wildman–Crippen MR) is 85.6 cm³/mol. The third-order valence-electron chi connectivity index (χ3n) is 3.71. The molecule has 21 heavy (non-hydrogen) atoms. The molecule has 0 aromatic heterocycles. The maximum absolute atomic E-state index is 11.0. The van der Waals surface area contributed by atoms with Crippen molar-refractivity contribution in [2.75, 3.05) is 19.7 Å². The highest BCUT2D eigenvalue weighted by molar-refractivity contribution is 9.10. The second-order valence-electron chi connectivity index (χ2n) is 5.48. The Hall–Kier alpha value is -0.910. The molecule has 1 heterocycles. The van der Waals surface area contributed by atoms with Crippen LogP contribution in [0, 0.1) is 0 Å². The van der Waals surface area contributed by atoms with Gasteiger partial charge in [-0.2, -0.15) is 0 Å². The summed E-state index contributed by atoms with van der Waals surface area (Å²) < 4.78 is 6.71. The predicted octanol–water partition coefficient (Wildman–Crippen LogP) is 3.54. The second-order valence-corrected chi connectivity index (χ2v) is 6.34. The zero-order valence-corrected chi connectivity index (χ0v) is 13.9. The van der Waals surface area contributed by atoms with E-state index in [1.54, 1.807) is 12.1 Å². The van der Waals surface area contributed by atoms with Crippen molar-refractivity contribution in [3.63, 3.8) is 0 Å². The molecule has 1 unspecified atom stereocenters. The summed E-state index contributed by atoms with van der Waals surface area (Å²) in [4.78, 5) is 13.3. The molecule has 1 aliphatic rings. The SMILES string of the molecule is CCCOC1CCCN(Cc2ccc(C(=O)O)cc2Br)C1. The van der Waals surface area contributed by atoms with Gasteiger partial charge in [-0.25, -0.2) is 4.79 Å². The molecule has 1 aliphatic heterocycles. The van der Waals surface area contributed by atoms with E-state index in [0.717, 1.165) is 55.5 Å². The van der Waals surface area contributed by atoms with Crippen molar-refractivity contribution in [2.24, 2.45) is 0 Å². The quantitative estimate of drug-likeness (QED) is 0.847. The summed E-state index contributed by atoms with van der Waals surface area (Å²) in [5.74, 6) is -0.895. The fourth-order valence-electron chi connectivity index (χ4n) is 2.63. The van der Waals surface area contributed by atoms with E-state index in [4.69, 9.17) is 9.84 Å². The number of carboxylic acid groups (broad SMARTS) is 1. The minimum absolute atomic E-state index is 0.313. The fourth-order valence-corrected chi connectivity index (χ4v) is 3.13. The Kier molecular flexibility index (Phi) is 6.21. The number of carboxylic acids is 1. The van der Waals surface area contributed by atoms with Crippen LogP contribution in [-0.4, -0.2) is 41.8 Å². The zero-order valence-electron chi connectivity index (χ0n) is 12.3. The molecule has 1 N–H and O–H groups in total. The molecule has 4 nitrogen and oxygen atoms in total. The molecular formula is C16H22BrNO3. The monoisotopic (exact) mass is 355 g/mol. The third kappa shape index (κ3) is 4.80. The van der Waals surface area contributed by atoms with Gasteiger partial charge in [0.25, 0.3) is 0 Å². The lowest BCUT2D eigenvalue weighted by molar-refractivity contribution is -0.00227. The number of hydrogen-bond acceptors (Lipinski definition) is 3. The molecule has 0 spiro atoms. The number of ether oxygens (including phenoxy) is 1. The summed E-state index contributed by atoms with van der Waals surface area (Å²) >= 11 is 3.48. The van der Waals surface area contributed by atoms with Crippen LogP contribution in [0.5, 0.6) is 0 Å². The molecule has 1 saturated heterocycles. The molecule has 0 aliphatic carbocycles. The first kappa shape index (κ1) is 16.5. The number of carbonyl (C=O) groups is 1. The number of likely N-dealkylation sites (tertiary alicyclic amines) is 1. The summed E-state index contributed by atoms with van der Waals surface area (Å²) in [5, 5.41) is 8.99. The first-order chi connectivity index (χ1) is 10.1. The minimum Gasteiger partial charge on any atom is -0.478 e. The summed E-state index contributed by atoms with van der Waals surface area (Å²) in [6.07, 6.45) is 3.67. The molecule has 1 aromatic carbocycles. The highest BCUT2D eigenvalue weighted by Gasteiger charge is 2.21. The molecule has 2 rings (SSSR count). The Labute approximate surface area is 134 Å². The van der Waals surface area contributed by atoms with Crippen LogP contribution in [0.25, 0.3) is 0 Å². The normalized spacial score (nSPS) is 19.6. The van der Waals surface area contributed by atoms with Gasteiger partial charge in [-0.3, -0.25) is 4.90 Å². The summed E-state index contributed by atoms with van der Waals surface area (Å²) in [5.41, 5.74) is 1.43. The van der Waals surface area contributed by atoms with Gasteiger partial charge in [0.2, 0.25) is 0 Å². The number of aromatic carboxylic acids is 1. The second kappa shape index (κ2) is 7.92. The molecule has 116 valence electrons. The van der Waals surface area contributed by atoms with Crippen molar-refractivity contribution in [3.05, 3.63) is 33.8 Å². The Morgan fingerprint density at radius 1 is 1.52 bits per heavy atom. The van der Waals surface area contributed by atoms with Gasteiger partial charge >= 0.3 is 5.97 Å². The van der Waals surface area contributed by atoms with Gasteiger partial charge in [-0.1, -0.05) is 28.9 Å². The van der Waals surface area contributed by atoms with Crippen LogP contribution < -0.4 is 0 Å². The molecule has 1 atom stereocenters. The van der Waals surface area contributed by atoms with Crippen LogP contribution >= 0.6 is 15.9 Å². The van der Waals surface area contributed by atoms with Gasteiger partial charge in [0, 0.05) is 24.2 Å². The van der Waals surface area contributed by atoms with E-state index in [9.17, 15) is 4.79 Å². The molecule has 0 bridgehead atoms. The van der Waals surface area contributed by atoms with E-state index in [2.05, 4.69) is 27.8 Å². The van der Waals surface area contributed by atoms with Gasteiger partial charge in [0.1, 0.15) is 0 Å².